The van der Waals surface area contributed by atoms with E-state index in [4.69, 9.17) is 0 Å². The van der Waals surface area contributed by atoms with Gasteiger partial charge in [0.25, 0.3) is 0 Å². The summed E-state index contributed by atoms with van der Waals surface area (Å²) in [6.45, 7) is 3.06. The van der Waals surface area contributed by atoms with E-state index in [2.05, 4.69) is 27.3 Å². The Kier molecular flexibility index (Phi) is 3.68. The molecular weight excluding hydrogens is 260 g/mol. The molecule has 1 aromatic heterocycles. The number of aromatic nitrogens is 2. The van der Waals surface area contributed by atoms with Crippen molar-refractivity contribution < 1.29 is 4.79 Å². The zero-order valence-electron chi connectivity index (χ0n) is 11.3. The molecule has 1 saturated heterocycles. The van der Waals surface area contributed by atoms with Gasteiger partial charge >= 0.3 is 0 Å². The summed E-state index contributed by atoms with van der Waals surface area (Å²) in [6.07, 6.45) is 6.33. The Morgan fingerprint density at radius 1 is 1.42 bits per heavy atom. The largest absolute Gasteiger partial charge is 0.352 e. The third-order valence-electron chi connectivity index (χ3n) is 3.64. The second-order valence-electron chi connectivity index (χ2n) is 5.36. The first-order valence-electron chi connectivity index (χ1n) is 7.17. The van der Waals surface area contributed by atoms with Crippen LogP contribution in [0.2, 0.25) is 0 Å². The molecule has 6 heteroatoms. The van der Waals surface area contributed by atoms with E-state index in [1.54, 1.807) is 11.3 Å². The van der Waals surface area contributed by atoms with Crippen molar-refractivity contribution in [3.05, 3.63) is 5.01 Å². The fourth-order valence-electron chi connectivity index (χ4n) is 2.47. The van der Waals surface area contributed by atoms with Crippen LogP contribution in [0.25, 0.3) is 0 Å². The second kappa shape index (κ2) is 5.45. The quantitative estimate of drug-likeness (QED) is 0.892. The van der Waals surface area contributed by atoms with Crippen LogP contribution in [-0.2, 0) is 11.2 Å². The Bertz CT molecular complexity index is 457. The van der Waals surface area contributed by atoms with E-state index in [0.717, 1.165) is 55.2 Å². The van der Waals surface area contributed by atoms with Crippen LogP contribution in [0.3, 0.4) is 0 Å². The van der Waals surface area contributed by atoms with Crippen molar-refractivity contribution in [1.29, 1.82) is 0 Å². The highest BCUT2D eigenvalue weighted by molar-refractivity contribution is 7.15. The molecule has 2 aliphatic rings. The Morgan fingerprint density at radius 2 is 2.26 bits per heavy atom. The summed E-state index contributed by atoms with van der Waals surface area (Å²) in [5, 5.41) is 13.6. The van der Waals surface area contributed by atoms with E-state index in [1.807, 2.05) is 0 Å². The third kappa shape index (κ3) is 2.88. The molecule has 0 aromatic carbocycles. The van der Waals surface area contributed by atoms with Crippen molar-refractivity contribution in [2.75, 3.05) is 11.4 Å². The molecule has 3 rings (SSSR count). The van der Waals surface area contributed by atoms with Crippen LogP contribution >= 0.6 is 11.3 Å². The molecule has 0 radical (unpaired) electrons. The molecule has 1 aliphatic carbocycles. The zero-order chi connectivity index (χ0) is 13.2. The lowest BCUT2D eigenvalue weighted by Crippen LogP contribution is -2.44. The molecule has 1 N–H and O–H groups in total. The lowest BCUT2D eigenvalue weighted by molar-refractivity contribution is -0.122. The molecular formula is C13H20N4OS. The molecule has 1 atom stereocenters. The minimum absolute atomic E-state index is 0.0389. The summed E-state index contributed by atoms with van der Waals surface area (Å²) in [6, 6.07) is 0.392. The molecule has 1 aromatic rings. The van der Waals surface area contributed by atoms with Crippen molar-refractivity contribution in [2.24, 2.45) is 0 Å². The number of hydrogen-bond acceptors (Lipinski definition) is 5. The first-order valence-corrected chi connectivity index (χ1v) is 7.99. The number of aryl methyl sites for hydroxylation is 1. The van der Waals surface area contributed by atoms with Gasteiger partial charge in [-0.25, -0.2) is 0 Å². The van der Waals surface area contributed by atoms with Gasteiger partial charge in [0, 0.05) is 19.0 Å². The number of nitrogens with one attached hydrogen (secondary N) is 1. The van der Waals surface area contributed by atoms with Gasteiger partial charge in [-0.05, 0) is 32.1 Å². The van der Waals surface area contributed by atoms with Crippen LogP contribution in [0.4, 0.5) is 5.13 Å². The van der Waals surface area contributed by atoms with Gasteiger partial charge in [-0.15, -0.1) is 10.2 Å². The van der Waals surface area contributed by atoms with Gasteiger partial charge in [-0.2, -0.15) is 0 Å². The second-order valence-corrected chi connectivity index (χ2v) is 6.40. The molecule has 1 unspecified atom stereocenters. The van der Waals surface area contributed by atoms with E-state index in [9.17, 15) is 4.79 Å². The number of hydrogen-bond donors (Lipinski definition) is 1. The van der Waals surface area contributed by atoms with Crippen LogP contribution < -0.4 is 10.2 Å². The molecule has 19 heavy (non-hydrogen) atoms. The van der Waals surface area contributed by atoms with Gasteiger partial charge in [0.1, 0.15) is 11.0 Å². The SMILES string of the molecule is CCCc1nnc(N2CCCC2C(=O)NC2CC2)s1. The summed E-state index contributed by atoms with van der Waals surface area (Å²) in [4.78, 5) is 14.3. The Morgan fingerprint density at radius 3 is 3.00 bits per heavy atom. The van der Waals surface area contributed by atoms with Gasteiger partial charge in [-0.3, -0.25) is 4.79 Å². The number of rotatable bonds is 5. The fraction of sp³-hybridized carbons (Fsp3) is 0.769. The monoisotopic (exact) mass is 280 g/mol. The maximum absolute atomic E-state index is 12.2. The molecule has 2 fully saturated rings. The Labute approximate surface area is 117 Å². The van der Waals surface area contributed by atoms with Crippen LogP contribution in [-0.4, -0.2) is 34.7 Å². The highest BCUT2D eigenvalue weighted by Gasteiger charge is 2.35. The topological polar surface area (TPSA) is 58.1 Å². The number of carbonyl (C=O) groups excluding carboxylic acids is 1. The van der Waals surface area contributed by atoms with Crippen molar-refractivity contribution >= 4 is 22.4 Å². The van der Waals surface area contributed by atoms with E-state index < -0.39 is 0 Å². The van der Waals surface area contributed by atoms with Crippen LogP contribution in [0.15, 0.2) is 0 Å². The van der Waals surface area contributed by atoms with E-state index in [-0.39, 0.29) is 11.9 Å². The summed E-state index contributed by atoms with van der Waals surface area (Å²) in [7, 11) is 0. The average molecular weight is 280 g/mol. The molecule has 1 saturated carbocycles. The highest BCUT2D eigenvalue weighted by atomic mass is 32.1. The maximum atomic E-state index is 12.2. The van der Waals surface area contributed by atoms with Crippen molar-refractivity contribution in [3.8, 4) is 0 Å². The van der Waals surface area contributed by atoms with Gasteiger partial charge in [0.2, 0.25) is 11.0 Å². The van der Waals surface area contributed by atoms with Crippen molar-refractivity contribution in [1.82, 2.24) is 15.5 Å². The van der Waals surface area contributed by atoms with Gasteiger partial charge < -0.3 is 10.2 Å². The molecule has 0 spiro atoms. The van der Waals surface area contributed by atoms with Crippen LogP contribution in [0, 0.1) is 0 Å². The molecule has 0 bridgehead atoms. The average Bonchev–Trinajstić information content (AvgIpc) is 2.93. The summed E-state index contributed by atoms with van der Waals surface area (Å²) in [5.41, 5.74) is 0. The minimum atomic E-state index is -0.0389. The number of carbonyl (C=O) groups is 1. The zero-order valence-corrected chi connectivity index (χ0v) is 12.1. The first-order chi connectivity index (χ1) is 9.28. The van der Waals surface area contributed by atoms with E-state index >= 15 is 0 Å². The van der Waals surface area contributed by atoms with Crippen molar-refractivity contribution in [2.45, 2.75) is 57.5 Å². The van der Waals surface area contributed by atoms with E-state index in [0.29, 0.717) is 6.04 Å². The predicted molar refractivity (Wildman–Crippen MR) is 75.4 cm³/mol. The highest BCUT2D eigenvalue weighted by Crippen LogP contribution is 2.29. The summed E-state index contributed by atoms with van der Waals surface area (Å²) >= 11 is 1.63. The summed E-state index contributed by atoms with van der Waals surface area (Å²) in [5.74, 6) is 0.173. The van der Waals surface area contributed by atoms with Crippen LogP contribution in [0.1, 0.15) is 44.0 Å². The predicted octanol–water partition coefficient (Wildman–Crippen LogP) is 1.74. The minimum Gasteiger partial charge on any atom is -0.352 e. The molecule has 1 aliphatic heterocycles. The molecule has 1 amide bonds. The standard InChI is InChI=1S/C13H20N4OS/c1-2-4-11-15-16-13(19-11)17-8-3-5-10(17)12(18)14-9-6-7-9/h9-10H,2-8H2,1H3,(H,14,18). The Hall–Kier alpha value is -1.17. The lowest BCUT2D eigenvalue weighted by atomic mass is 10.2. The fourth-order valence-corrected chi connectivity index (χ4v) is 3.49. The molecule has 104 valence electrons. The van der Waals surface area contributed by atoms with Gasteiger partial charge in [0.05, 0.1) is 0 Å². The molecule has 5 nitrogen and oxygen atoms in total. The smallest absolute Gasteiger partial charge is 0.243 e. The number of anilines is 1. The third-order valence-corrected chi connectivity index (χ3v) is 4.67. The van der Waals surface area contributed by atoms with Crippen molar-refractivity contribution in [3.63, 3.8) is 0 Å². The van der Waals surface area contributed by atoms with E-state index in [1.165, 1.54) is 0 Å². The van der Waals surface area contributed by atoms with Gasteiger partial charge in [-0.1, -0.05) is 18.3 Å². The lowest BCUT2D eigenvalue weighted by Gasteiger charge is -2.22. The normalized spacial score (nSPS) is 22.8. The van der Waals surface area contributed by atoms with Crippen LogP contribution in [0.5, 0.6) is 0 Å². The number of nitrogens with zero attached hydrogens (tertiary/aromatic N) is 3. The number of amides is 1. The summed E-state index contributed by atoms with van der Waals surface area (Å²) < 4.78 is 0. The maximum Gasteiger partial charge on any atom is 0.243 e. The molecule has 2 heterocycles. The van der Waals surface area contributed by atoms with Gasteiger partial charge in [0.15, 0.2) is 0 Å². The first kappa shape index (κ1) is 12.8. The Balaban J connectivity index is 1.68.